The number of benzene rings is 8. The van der Waals surface area contributed by atoms with Crippen LogP contribution in [-0.2, 0) is 0 Å². The highest BCUT2D eigenvalue weighted by molar-refractivity contribution is 6.10. The molecular formula is C55H36N6. The van der Waals surface area contributed by atoms with E-state index < -0.39 is 0 Å². The molecule has 0 N–H and O–H groups in total. The third kappa shape index (κ3) is 6.82. The quantitative estimate of drug-likeness (QED) is 0.154. The van der Waals surface area contributed by atoms with Crippen LogP contribution in [-0.4, -0.2) is 29.5 Å². The number of nitrogens with zero attached hydrogens (tertiary/aromatic N) is 6. The highest BCUT2D eigenvalue weighted by Crippen LogP contribution is 2.40. The molecule has 0 spiro atoms. The SMILES string of the molecule is c1ccc(-c2ccc3c4ccccc4n(-c4ccc(-c5nc(-c6ccccc6)nc(-c6ccccc6)n5)cc4-c4cc(-c5ccccc5)nc(-c5ccccc5)n4)c3c2)cc1. The van der Waals surface area contributed by atoms with Crippen molar-refractivity contribution in [2.75, 3.05) is 0 Å². The minimum absolute atomic E-state index is 0.565. The van der Waals surface area contributed by atoms with Gasteiger partial charge in [-0.2, -0.15) is 0 Å². The highest BCUT2D eigenvalue weighted by atomic mass is 15.0. The van der Waals surface area contributed by atoms with Gasteiger partial charge in [0.15, 0.2) is 23.3 Å². The Hall–Kier alpha value is -8.35. The first-order valence-corrected chi connectivity index (χ1v) is 20.3. The second-order valence-electron chi connectivity index (χ2n) is 14.9. The van der Waals surface area contributed by atoms with Crippen LogP contribution in [0.1, 0.15) is 0 Å². The molecule has 0 bridgehead atoms. The third-order valence-electron chi connectivity index (χ3n) is 11.1. The summed E-state index contributed by atoms with van der Waals surface area (Å²) in [6.07, 6.45) is 0. The van der Waals surface area contributed by atoms with E-state index in [4.69, 9.17) is 24.9 Å². The molecule has 3 heterocycles. The van der Waals surface area contributed by atoms with Crippen LogP contribution in [0.2, 0.25) is 0 Å². The van der Waals surface area contributed by atoms with Crippen LogP contribution < -0.4 is 0 Å². The first kappa shape index (κ1) is 35.8. The van der Waals surface area contributed by atoms with E-state index in [2.05, 4.69) is 126 Å². The topological polar surface area (TPSA) is 69.4 Å². The molecule has 3 aromatic heterocycles. The summed E-state index contributed by atoms with van der Waals surface area (Å²) in [5.74, 6) is 2.41. The fraction of sp³-hybridized carbons (Fsp3) is 0. The van der Waals surface area contributed by atoms with Crippen molar-refractivity contribution in [1.82, 2.24) is 29.5 Å². The normalized spacial score (nSPS) is 11.3. The Labute approximate surface area is 353 Å². The molecular weight excluding hydrogens is 745 g/mol. The minimum atomic E-state index is 0.565. The van der Waals surface area contributed by atoms with E-state index in [1.807, 2.05) is 97.1 Å². The van der Waals surface area contributed by atoms with E-state index in [1.54, 1.807) is 0 Å². The van der Waals surface area contributed by atoms with Crippen molar-refractivity contribution < 1.29 is 0 Å². The van der Waals surface area contributed by atoms with Crippen molar-refractivity contribution in [2.45, 2.75) is 0 Å². The molecule has 6 nitrogen and oxygen atoms in total. The molecule has 0 radical (unpaired) electrons. The molecule has 11 rings (SSSR count). The number of para-hydroxylation sites is 1. The van der Waals surface area contributed by atoms with Crippen LogP contribution in [0.3, 0.4) is 0 Å². The van der Waals surface area contributed by atoms with E-state index in [0.717, 1.165) is 72.6 Å². The maximum atomic E-state index is 5.38. The number of hydrogen-bond acceptors (Lipinski definition) is 5. The maximum Gasteiger partial charge on any atom is 0.164 e. The molecule has 0 saturated heterocycles. The fourth-order valence-electron chi connectivity index (χ4n) is 8.11. The summed E-state index contributed by atoms with van der Waals surface area (Å²) >= 11 is 0. The van der Waals surface area contributed by atoms with Crippen molar-refractivity contribution in [3.63, 3.8) is 0 Å². The first-order valence-electron chi connectivity index (χ1n) is 20.3. The highest BCUT2D eigenvalue weighted by Gasteiger charge is 2.21. The molecule has 0 saturated carbocycles. The van der Waals surface area contributed by atoms with Crippen molar-refractivity contribution in [1.29, 1.82) is 0 Å². The smallest absolute Gasteiger partial charge is 0.164 e. The van der Waals surface area contributed by atoms with E-state index in [1.165, 1.54) is 10.8 Å². The van der Waals surface area contributed by atoms with Gasteiger partial charge in [0, 0.05) is 44.2 Å². The molecule has 6 heteroatoms. The van der Waals surface area contributed by atoms with Gasteiger partial charge in [-0.3, -0.25) is 0 Å². The second kappa shape index (κ2) is 15.4. The summed E-state index contributed by atoms with van der Waals surface area (Å²) in [6, 6.07) is 75.2. The van der Waals surface area contributed by atoms with Gasteiger partial charge in [0.25, 0.3) is 0 Å². The molecule has 286 valence electrons. The van der Waals surface area contributed by atoms with Crippen molar-refractivity contribution in [3.05, 3.63) is 218 Å². The van der Waals surface area contributed by atoms with E-state index in [-0.39, 0.29) is 0 Å². The lowest BCUT2D eigenvalue weighted by Crippen LogP contribution is -2.03. The Bertz CT molecular complexity index is 3220. The number of hydrogen-bond donors (Lipinski definition) is 0. The van der Waals surface area contributed by atoms with Gasteiger partial charge in [-0.05, 0) is 47.5 Å². The maximum absolute atomic E-state index is 5.38. The van der Waals surface area contributed by atoms with Gasteiger partial charge in [0.05, 0.1) is 28.1 Å². The molecule has 8 aromatic carbocycles. The van der Waals surface area contributed by atoms with Gasteiger partial charge < -0.3 is 4.57 Å². The molecule has 61 heavy (non-hydrogen) atoms. The number of rotatable bonds is 8. The first-order chi connectivity index (χ1) is 30.2. The summed E-state index contributed by atoms with van der Waals surface area (Å²) in [5, 5.41) is 2.34. The largest absolute Gasteiger partial charge is 0.309 e. The average molecular weight is 781 g/mol. The van der Waals surface area contributed by atoms with E-state index >= 15 is 0 Å². The monoisotopic (exact) mass is 780 g/mol. The summed E-state index contributed by atoms with van der Waals surface area (Å²) < 4.78 is 2.38. The van der Waals surface area contributed by atoms with E-state index in [9.17, 15) is 0 Å². The van der Waals surface area contributed by atoms with Crippen LogP contribution in [0, 0.1) is 0 Å². The van der Waals surface area contributed by atoms with Crippen LogP contribution in [0.15, 0.2) is 218 Å². The Morgan fingerprint density at radius 3 is 1.30 bits per heavy atom. The molecule has 0 aliphatic carbocycles. The van der Waals surface area contributed by atoms with Gasteiger partial charge in [0.2, 0.25) is 0 Å². The van der Waals surface area contributed by atoms with Gasteiger partial charge in [-0.25, -0.2) is 24.9 Å². The Kier molecular flexibility index (Phi) is 9.06. The van der Waals surface area contributed by atoms with Crippen molar-refractivity contribution in [2.24, 2.45) is 0 Å². The Morgan fingerprint density at radius 1 is 0.262 bits per heavy atom. The Morgan fingerprint density at radius 2 is 0.705 bits per heavy atom. The predicted octanol–water partition coefficient (Wildman–Crippen LogP) is 13.4. The van der Waals surface area contributed by atoms with Crippen LogP contribution in [0.25, 0.3) is 107 Å². The summed E-state index contributed by atoms with van der Waals surface area (Å²) in [4.78, 5) is 25.8. The predicted molar refractivity (Wildman–Crippen MR) is 248 cm³/mol. The molecule has 11 aromatic rings. The second-order valence-corrected chi connectivity index (χ2v) is 14.9. The zero-order chi connectivity index (χ0) is 40.5. The third-order valence-corrected chi connectivity index (χ3v) is 11.1. The lowest BCUT2D eigenvalue weighted by molar-refractivity contribution is 1.07. The fourth-order valence-corrected chi connectivity index (χ4v) is 8.11. The van der Waals surface area contributed by atoms with Crippen LogP contribution in [0.5, 0.6) is 0 Å². The zero-order valence-corrected chi connectivity index (χ0v) is 33.0. The summed E-state index contributed by atoms with van der Waals surface area (Å²) in [5.41, 5.74) is 12.6. The molecule has 0 fully saturated rings. The molecule has 0 aliphatic heterocycles. The molecule has 0 atom stereocenters. The van der Waals surface area contributed by atoms with Crippen molar-refractivity contribution >= 4 is 21.8 Å². The summed E-state index contributed by atoms with van der Waals surface area (Å²) in [7, 11) is 0. The van der Waals surface area contributed by atoms with Crippen LogP contribution in [0.4, 0.5) is 0 Å². The lowest BCUT2D eigenvalue weighted by atomic mass is 10.0. The van der Waals surface area contributed by atoms with E-state index in [0.29, 0.717) is 23.3 Å². The zero-order valence-electron chi connectivity index (χ0n) is 33.0. The molecule has 0 unspecified atom stereocenters. The average Bonchev–Trinajstić information content (AvgIpc) is 3.68. The molecule has 0 amide bonds. The standard InChI is InChI=1S/C55H36N6/c1-6-18-37(19-7-1)42-30-32-45-44-28-16-17-29-49(44)61(51(45)35-42)50-33-31-43(55-59-53(40-24-12-4-13-25-40)58-54(60-55)41-26-14-5-15-27-41)34-46(50)48-36-47(38-20-8-2-9-21-38)56-52(57-48)39-22-10-3-11-23-39/h1-36H. The van der Waals surface area contributed by atoms with Gasteiger partial charge in [-0.15, -0.1) is 0 Å². The van der Waals surface area contributed by atoms with Gasteiger partial charge in [0.1, 0.15) is 0 Å². The summed E-state index contributed by atoms with van der Waals surface area (Å²) in [6.45, 7) is 0. The number of aromatic nitrogens is 6. The number of fused-ring (bicyclic) bond motifs is 3. The molecule has 0 aliphatic rings. The van der Waals surface area contributed by atoms with Gasteiger partial charge >= 0.3 is 0 Å². The Balaban J connectivity index is 1.21. The van der Waals surface area contributed by atoms with Crippen LogP contribution >= 0.6 is 0 Å². The van der Waals surface area contributed by atoms with Crippen molar-refractivity contribution in [3.8, 4) is 84.9 Å². The van der Waals surface area contributed by atoms with Gasteiger partial charge in [-0.1, -0.05) is 182 Å². The minimum Gasteiger partial charge on any atom is -0.309 e. The lowest BCUT2D eigenvalue weighted by Gasteiger charge is -2.17.